The van der Waals surface area contributed by atoms with Crippen LogP contribution in [0.1, 0.15) is 13.8 Å². The molecule has 0 aliphatic rings. The number of hydrogen-bond acceptors (Lipinski definition) is 6. The molecule has 0 aliphatic heterocycles. The molecule has 6 nitrogen and oxygen atoms in total. The molecule has 0 spiro atoms. The number of aromatic nitrogens is 3. The van der Waals surface area contributed by atoms with E-state index in [1.165, 1.54) is 0 Å². The van der Waals surface area contributed by atoms with E-state index in [4.69, 9.17) is 9.47 Å². The average molecular weight is 418 g/mol. The second-order valence-electron chi connectivity index (χ2n) is 3.86. The summed E-state index contributed by atoms with van der Waals surface area (Å²) in [7, 11) is 0. The van der Waals surface area contributed by atoms with Crippen LogP contribution in [0, 0.1) is 0 Å². The lowest BCUT2D eigenvalue weighted by molar-refractivity contribution is 0.303. The summed E-state index contributed by atoms with van der Waals surface area (Å²) in [5.41, 5.74) is 0. The van der Waals surface area contributed by atoms with Crippen molar-refractivity contribution in [2.24, 2.45) is 0 Å². The third-order valence-electron chi connectivity index (χ3n) is 2.30. The summed E-state index contributed by atoms with van der Waals surface area (Å²) in [4.78, 5) is 12.5. The molecule has 0 bridgehead atoms. The van der Waals surface area contributed by atoms with Crippen LogP contribution in [0.2, 0.25) is 0 Å². The van der Waals surface area contributed by atoms with E-state index < -0.39 is 0 Å². The Morgan fingerprint density at radius 2 is 1.86 bits per heavy atom. The van der Waals surface area contributed by atoms with Gasteiger partial charge in [-0.05, 0) is 48.0 Å². The van der Waals surface area contributed by atoms with Crippen molar-refractivity contribution < 1.29 is 9.47 Å². The van der Waals surface area contributed by atoms with Crippen LogP contribution in [0.25, 0.3) is 0 Å². The first kappa shape index (κ1) is 16.0. The summed E-state index contributed by atoms with van der Waals surface area (Å²) >= 11 is 6.82. The van der Waals surface area contributed by atoms with Crippen LogP contribution in [0.15, 0.2) is 27.1 Å². The van der Waals surface area contributed by atoms with E-state index in [0.717, 1.165) is 8.95 Å². The van der Waals surface area contributed by atoms with E-state index in [1.807, 2.05) is 32.0 Å². The molecule has 2 rings (SSSR count). The van der Waals surface area contributed by atoms with Gasteiger partial charge in [0.1, 0.15) is 5.75 Å². The van der Waals surface area contributed by atoms with Crippen LogP contribution < -0.4 is 14.8 Å². The van der Waals surface area contributed by atoms with Crippen molar-refractivity contribution in [3.8, 4) is 17.8 Å². The van der Waals surface area contributed by atoms with Crippen LogP contribution in [0.5, 0.6) is 17.8 Å². The Morgan fingerprint density at radius 1 is 1.10 bits per heavy atom. The second kappa shape index (κ2) is 7.56. The molecule has 1 heterocycles. The van der Waals surface area contributed by atoms with Gasteiger partial charge < -0.3 is 14.8 Å². The van der Waals surface area contributed by atoms with Crippen LogP contribution in [0.3, 0.4) is 0 Å². The van der Waals surface area contributed by atoms with Crippen LogP contribution in [-0.2, 0) is 0 Å². The molecule has 21 heavy (non-hydrogen) atoms. The molecule has 2 aromatic rings. The zero-order chi connectivity index (χ0) is 15.2. The molecule has 1 aromatic carbocycles. The third-order valence-corrected chi connectivity index (χ3v) is 3.41. The molecule has 0 saturated carbocycles. The molecular formula is C13H14Br2N4O2. The van der Waals surface area contributed by atoms with Crippen molar-refractivity contribution in [1.82, 2.24) is 15.0 Å². The predicted octanol–water partition coefficient (Wildman–Crippen LogP) is 4.02. The van der Waals surface area contributed by atoms with Crippen LogP contribution in [-0.4, -0.2) is 28.1 Å². The lowest BCUT2D eigenvalue weighted by atomic mass is 10.3. The number of halogens is 2. The Kier molecular flexibility index (Phi) is 5.75. The van der Waals surface area contributed by atoms with Crippen molar-refractivity contribution >= 4 is 37.8 Å². The smallest absolute Gasteiger partial charge is 0.330 e. The quantitative estimate of drug-likeness (QED) is 0.765. The largest absolute Gasteiger partial charge is 0.464 e. The monoisotopic (exact) mass is 416 g/mol. The number of anilines is 1. The highest BCUT2D eigenvalue weighted by Gasteiger charge is 2.11. The number of nitrogens with one attached hydrogen (secondary N) is 1. The van der Waals surface area contributed by atoms with E-state index in [1.54, 1.807) is 0 Å². The maximum atomic E-state index is 5.69. The van der Waals surface area contributed by atoms with Gasteiger partial charge in [-0.2, -0.15) is 9.97 Å². The van der Waals surface area contributed by atoms with Gasteiger partial charge >= 0.3 is 12.0 Å². The Balaban J connectivity index is 2.29. The summed E-state index contributed by atoms with van der Waals surface area (Å²) in [6.45, 7) is 4.98. The van der Waals surface area contributed by atoms with Gasteiger partial charge in [0, 0.05) is 11.0 Å². The van der Waals surface area contributed by atoms with Gasteiger partial charge in [-0.3, -0.25) is 0 Å². The molecule has 112 valence electrons. The molecule has 0 aliphatic carbocycles. The molecule has 0 fully saturated rings. The minimum Gasteiger partial charge on any atom is -0.464 e. The maximum absolute atomic E-state index is 5.69. The van der Waals surface area contributed by atoms with Gasteiger partial charge in [-0.25, -0.2) is 0 Å². The Hall–Kier alpha value is -1.41. The lowest BCUT2D eigenvalue weighted by Crippen LogP contribution is -2.07. The van der Waals surface area contributed by atoms with Gasteiger partial charge in [-0.1, -0.05) is 15.9 Å². The highest BCUT2D eigenvalue weighted by molar-refractivity contribution is 9.11. The Labute approximate surface area is 139 Å². The van der Waals surface area contributed by atoms with Gasteiger partial charge in [0.25, 0.3) is 0 Å². The molecule has 8 heteroatoms. The van der Waals surface area contributed by atoms with E-state index in [-0.39, 0.29) is 12.0 Å². The summed E-state index contributed by atoms with van der Waals surface area (Å²) in [5.74, 6) is 1.02. The molecule has 0 radical (unpaired) electrons. The number of rotatable bonds is 6. The van der Waals surface area contributed by atoms with Crippen LogP contribution >= 0.6 is 31.9 Å². The molecular weight excluding hydrogens is 404 g/mol. The minimum atomic E-state index is 0.174. The number of hydrogen-bond donors (Lipinski definition) is 1. The summed E-state index contributed by atoms with van der Waals surface area (Å²) in [6, 6.07) is 5.96. The second-order valence-corrected chi connectivity index (χ2v) is 5.63. The molecule has 1 aromatic heterocycles. The van der Waals surface area contributed by atoms with Gasteiger partial charge in [0.05, 0.1) is 11.1 Å². The average Bonchev–Trinajstić information content (AvgIpc) is 2.42. The van der Waals surface area contributed by atoms with Gasteiger partial charge in [-0.15, -0.1) is 4.98 Å². The third kappa shape index (κ3) is 4.53. The number of ether oxygens (including phenoxy) is 2. The fourth-order valence-corrected chi connectivity index (χ4v) is 2.60. The first-order valence-electron chi connectivity index (χ1n) is 6.38. The van der Waals surface area contributed by atoms with Crippen molar-refractivity contribution in [3.63, 3.8) is 0 Å². The SMILES string of the molecule is CCNc1nc(OCC)nc(Oc2ccc(Br)cc2Br)n1. The molecule has 1 N–H and O–H groups in total. The van der Waals surface area contributed by atoms with Crippen molar-refractivity contribution in [2.45, 2.75) is 13.8 Å². The predicted molar refractivity (Wildman–Crippen MR) is 87.1 cm³/mol. The number of benzene rings is 1. The van der Waals surface area contributed by atoms with Gasteiger partial charge in [0.15, 0.2) is 0 Å². The normalized spacial score (nSPS) is 10.3. The van der Waals surface area contributed by atoms with E-state index in [9.17, 15) is 0 Å². The topological polar surface area (TPSA) is 69.2 Å². The number of nitrogens with zero attached hydrogens (tertiary/aromatic N) is 3. The lowest BCUT2D eigenvalue weighted by Gasteiger charge is -2.09. The Morgan fingerprint density at radius 3 is 2.52 bits per heavy atom. The summed E-state index contributed by atoms with van der Waals surface area (Å²) in [6.07, 6.45) is 0. The fourth-order valence-electron chi connectivity index (χ4n) is 1.47. The summed E-state index contributed by atoms with van der Waals surface area (Å²) < 4.78 is 12.7. The van der Waals surface area contributed by atoms with E-state index in [2.05, 4.69) is 52.1 Å². The minimum absolute atomic E-state index is 0.174. The van der Waals surface area contributed by atoms with Crippen LogP contribution in [0.4, 0.5) is 5.95 Å². The fraction of sp³-hybridized carbons (Fsp3) is 0.308. The standard InChI is InChI=1S/C13H14Br2N4O2/c1-3-16-11-17-12(20-4-2)19-13(18-11)21-10-6-5-8(14)7-9(10)15/h5-7H,3-4H2,1-2H3,(H,16,17,18,19). The van der Waals surface area contributed by atoms with Crippen molar-refractivity contribution in [2.75, 3.05) is 18.5 Å². The summed E-state index contributed by atoms with van der Waals surface area (Å²) in [5, 5.41) is 3.01. The molecule has 0 atom stereocenters. The maximum Gasteiger partial charge on any atom is 0.330 e. The molecule has 0 unspecified atom stereocenters. The highest BCUT2D eigenvalue weighted by Crippen LogP contribution is 2.31. The first-order valence-corrected chi connectivity index (χ1v) is 7.96. The van der Waals surface area contributed by atoms with Crippen molar-refractivity contribution in [3.05, 3.63) is 27.1 Å². The Bertz CT molecular complexity index is 601. The van der Waals surface area contributed by atoms with E-state index >= 15 is 0 Å². The zero-order valence-corrected chi connectivity index (χ0v) is 14.7. The first-order chi connectivity index (χ1) is 10.1. The van der Waals surface area contributed by atoms with E-state index in [0.29, 0.717) is 24.8 Å². The van der Waals surface area contributed by atoms with Crippen molar-refractivity contribution in [1.29, 1.82) is 0 Å². The highest BCUT2D eigenvalue weighted by atomic mass is 79.9. The van der Waals surface area contributed by atoms with Gasteiger partial charge in [0.2, 0.25) is 5.95 Å². The molecule has 0 saturated heterocycles. The zero-order valence-electron chi connectivity index (χ0n) is 11.6. The molecule has 0 amide bonds.